The first kappa shape index (κ1) is 31.5. The Morgan fingerprint density at radius 2 is 1.58 bits per heavy atom. The van der Waals surface area contributed by atoms with Crippen molar-refractivity contribution in [3.8, 4) is 0 Å². The van der Waals surface area contributed by atoms with Crippen LogP contribution in [0.25, 0.3) is 11.2 Å². The van der Waals surface area contributed by atoms with Gasteiger partial charge in [0, 0.05) is 26.2 Å². The zero-order chi connectivity index (χ0) is 33.3. The van der Waals surface area contributed by atoms with E-state index in [0.717, 1.165) is 11.1 Å². The zero-order valence-electron chi connectivity index (χ0n) is 26.1. The van der Waals surface area contributed by atoms with Crippen LogP contribution in [0, 0.1) is 5.41 Å². The molecule has 0 radical (unpaired) electrons. The van der Waals surface area contributed by atoms with Gasteiger partial charge in [-0.25, -0.2) is 19.4 Å². The predicted octanol–water partition coefficient (Wildman–Crippen LogP) is 4.84. The summed E-state index contributed by atoms with van der Waals surface area (Å²) in [6, 6.07) is 19.3. The van der Waals surface area contributed by atoms with Crippen LogP contribution in [0.15, 0.2) is 79.5 Å². The Morgan fingerprint density at radius 1 is 0.938 bits per heavy atom. The molecule has 1 saturated heterocycles. The van der Waals surface area contributed by atoms with Gasteiger partial charge < -0.3 is 19.2 Å². The number of H-pyrrole nitrogens is 1. The molecule has 1 aliphatic carbocycles. The molecule has 2 fully saturated rings. The van der Waals surface area contributed by atoms with Gasteiger partial charge in [0.15, 0.2) is 11.1 Å². The summed E-state index contributed by atoms with van der Waals surface area (Å²) in [7, 11) is 0. The fourth-order valence-electron chi connectivity index (χ4n) is 6.91. The van der Waals surface area contributed by atoms with Gasteiger partial charge in [-0.1, -0.05) is 65.9 Å². The molecular formula is C33H35F3N10O2. The van der Waals surface area contributed by atoms with Crippen molar-refractivity contribution in [2.24, 2.45) is 0 Å². The lowest BCUT2D eigenvalue weighted by Crippen LogP contribution is -2.54. The first-order valence-corrected chi connectivity index (χ1v) is 15.9. The van der Waals surface area contributed by atoms with Gasteiger partial charge in [-0.15, -0.1) is 5.10 Å². The third kappa shape index (κ3) is 6.05. The number of imidazole rings is 1. The quantitative estimate of drug-likeness (QED) is 0.243. The maximum atomic E-state index is 14.0. The molecule has 12 nitrogen and oxygen atoms in total. The van der Waals surface area contributed by atoms with Crippen LogP contribution in [0.4, 0.5) is 18.0 Å². The molecule has 0 spiro atoms. The molecule has 0 unspecified atom stereocenters. The Balaban J connectivity index is 1.17. The van der Waals surface area contributed by atoms with Crippen molar-refractivity contribution in [3.05, 3.63) is 102 Å². The molecule has 2 N–H and O–H groups in total. The number of rotatable bonds is 8. The standard InChI is InChI=1S/C33H35F3N10O2/c34-33(35,36)32(13-7-8-14-32)48-31(47)44-17-15-43(16-18-44)27(23-9-3-1-4-10-23)28(24-11-5-2-6-12-24)46-20-25(41-42-46)19-45-22-40-29(37)26-30(45)39-21-38-26/h1-6,9-12,20-22,27-28,37H,7-8,13-19H2,(H,38,39)/t27-,28+/m0/s1. The number of alkyl halides is 3. The van der Waals surface area contributed by atoms with Crippen LogP contribution in [-0.2, 0) is 11.3 Å². The Kier molecular flexibility index (Phi) is 8.45. The molecule has 4 heterocycles. The van der Waals surface area contributed by atoms with Crippen LogP contribution >= 0.6 is 0 Å². The van der Waals surface area contributed by atoms with E-state index in [1.165, 1.54) is 11.2 Å². The number of carbonyl (C=O) groups is 1. The molecule has 7 rings (SSSR count). The molecular weight excluding hydrogens is 625 g/mol. The highest BCUT2D eigenvalue weighted by molar-refractivity contribution is 5.69. The van der Waals surface area contributed by atoms with E-state index in [1.807, 2.05) is 71.5 Å². The lowest BCUT2D eigenvalue weighted by molar-refractivity contribution is -0.258. The molecule has 0 bridgehead atoms. The van der Waals surface area contributed by atoms with Crippen molar-refractivity contribution < 1.29 is 22.7 Å². The van der Waals surface area contributed by atoms with Crippen molar-refractivity contribution in [2.45, 2.75) is 56.1 Å². The summed E-state index contributed by atoms with van der Waals surface area (Å²) in [6.07, 6.45) is -0.197. The molecule has 3 aromatic heterocycles. The summed E-state index contributed by atoms with van der Waals surface area (Å²) in [5, 5.41) is 17.2. The first-order valence-electron chi connectivity index (χ1n) is 15.9. The molecule has 2 aromatic carbocycles. The Hall–Kier alpha value is -5.05. The van der Waals surface area contributed by atoms with E-state index in [0.29, 0.717) is 49.3 Å². The number of nitrogens with one attached hydrogen (secondary N) is 2. The zero-order valence-corrected chi connectivity index (χ0v) is 26.1. The number of hydrogen-bond donors (Lipinski definition) is 2. The highest BCUT2D eigenvalue weighted by atomic mass is 19.4. The lowest BCUT2D eigenvalue weighted by atomic mass is 9.91. The third-order valence-electron chi connectivity index (χ3n) is 9.39. The number of ether oxygens (including phenoxy) is 1. The number of fused-ring (bicyclic) bond motifs is 1. The Labute approximate surface area is 273 Å². The fraction of sp³-hybridized carbons (Fsp3) is 0.394. The normalized spacial score (nSPS) is 18.2. The maximum Gasteiger partial charge on any atom is 0.428 e. The van der Waals surface area contributed by atoms with E-state index in [1.54, 1.807) is 10.9 Å². The van der Waals surface area contributed by atoms with Crippen LogP contribution in [0.1, 0.15) is 54.6 Å². The molecule has 2 aliphatic rings. The van der Waals surface area contributed by atoms with Gasteiger partial charge >= 0.3 is 12.3 Å². The van der Waals surface area contributed by atoms with Crippen LogP contribution in [-0.4, -0.2) is 88.4 Å². The van der Waals surface area contributed by atoms with Crippen LogP contribution in [0.2, 0.25) is 0 Å². The van der Waals surface area contributed by atoms with Crippen molar-refractivity contribution in [3.63, 3.8) is 0 Å². The van der Waals surface area contributed by atoms with Gasteiger partial charge in [0.1, 0.15) is 11.2 Å². The molecule has 250 valence electrons. The Bertz CT molecular complexity index is 1910. The number of piperazine rings is 1. The molecule has 15 heteroatoms. The number of benzene rings is 2. The van der Waals surface area contributed by atoms with Crippen molar-refractivity contribution >= 4 is 17.3 Å². The third-order valence-corrected chi connectivity index (χ3v) is 9.39. The van der Waals surface area contributed by atoms with Crippen LogP contribution < -0.4 is 5.49 Å². The van der Waals surface area contributed by atoms with E-state index in [9.17, 15) is 18.0 Å². The Morgan fingerprint density at radius 3 is 2.23 bits per heavy atom. The largest absolute Gasteiger partial charge is 0.433 e. The second-order valence-corrected chi connectivity index (χ2v) is 12.3. The highest BCUT2D eigenvalue weighted by Gasteiger charge is 2.59. The number of aromatic nitrogens is 7. The lowest BCUT2D eigenvalue weighted by Gasteiger charge is -2.43. The van der Waals surface area contributed by atoms with E-state index >= 15 is 0 Å². The summed E-state index contributed by atoms with van der Waals surface area (Å²) in [4.78, 5) is 28.2. The molecule has 48 heavy (non-hydrogen) atoms. The van der Waals surface area contributed by atoms with Crippen LogP contribution in [0.5, 0.6) is 0 Å². The number of hydrogen-bond acceptors (Lipinski definition) is 8. The summed E-state index contributed by atoms with van der Waals surface area (Å²) in [6.45, 7) is 1.59. The second-order valence-electron chi connectivity index (χ2n) is 12.3. The van der Waals surface area contributed by atoms with E-state index in [2.05, 4.69) is 30.2 Å². The minimum atomic E-state index is -4.61. The number of nitrogens with zero attached hydrogens (tertiary/aromatic N) is 8. The molecule has 1 saturated carbocycles. The monoisotopic (exact) mass is 660 g/mol. The molecule has 5 aromatic rings. The van der Waals surface area contributed by atoms with Gasteiger partial charge in [-0.05, 0) is 36.8 Å². The molecule has 1 aliphatic heterocycles. The molecule has 1 amide bonds. The van der Waals surface area contributed by atoms with Gasteiger partial charge in [0.05, 0.1) is 37.5 Å². The molecule has 2 atom stereocenters. The van der Waals surface area contributed by atoms with Crippen molar-refractivity contribution in [1.82, 2.24) is 44.3 Å². The SMILES string of the molecule is N=c1ncn(Cc2cn([C@H](c3ccccc3)[C@H](c3ccccc3)N3CCN(C(=O)OC4(C(F)(F)F)CCCC4)CC3)nn2)c2nc[nH]c12. The summed E-state index contributed by atoms with van der Waals surface area (Å²) < 4.78 is 50.8. The van der Waals surface area contributed by atoms with E-state index < -0.39 is 17.9 Å². The van der Waals surface area contributed by atoms with E-state index in [-0.39, 0.29) is 43.5 Å². The van der Waals surface area contributed by atoms with Gasteiger partial charge in [-0.2, -0.15) is 13.2 Å². The fourth-order valence-corrected chi connectivity index (χ4v) is 6.91. The van der Waals surface area contributed by atoms with Crippen molar-refractivity contribution in [2.75, 3.05) is 26.2 Å². The minimum Gasteiger partial charge on any atom is -0.433 e. The number of amides is 1. The summed E-state index contributed by atoms with van der Waals surface area (Å²) in [5.74, 6) is 0. The topological polar surface area (TPSA) is 134 Å². The smallest absolute Gasteiger partial charge is 0.428 e. The van der Waals surface area contributed by atoms with E-state index in [4.69, 9.17) is 10.1 Å². The maximum absolute atomic E-state index is 14.0. The summed E-state index contributed by atoms with van der Waals surface area (Å²) >= 11 is 0. The highest BCUT2D eigenvalue weighted by Crippen LogP contribution is 2.46. The van der Waals surface area contributed by atoms with Gasteiger partial charge in [-0.3, -0.25) is 10.3 Å². The average Bonchev–Trinajstić information content (AvgIpc) is 3.88. The number of halogens is 3. The predicted molar refractivity (Wildman–Crippen MR) is 168 cm³/mol. The van der Waals surface area contributed by atoms with Crippen LogP contribution in [0.3, 0.4) is 0 Å². The van der Waals surface area contributed by atoms with Crippen molar-refractivity contribution in [1.29, 1.82) is 5.41 Å². The average molecular weight is 661 g/mol. The number of carbonyl (C=O) groups excluding carboxylic acids is 1. The first-order chi connectivity index (χ1) is 23.2. The van der Waals surface area contributed by atoms with Gasteiger partial charge in [0.25, 0.3) is 0 Å². The van der Waals surface area contributed by atoms with Gasteiger partial charge in [0.2, 0.25) is 5.60 Å². The number of aromatic amines is 1. The second kappa shape index (κ2) is 12.9. The summed E-state index contributed by atoms with van der Waals surface area (Å²) in [5.41, 5.74) is 1.47. The minimum absolute atomic E-state index is 0.101.